The minimum absolute atomic E-state index is 0.313. The molecule has 0 saturated carbocycles. The summed E-state index contributed by atoms with van der Waals surface area (Å²) < 4.78 is 0. The lowest BCUT2D eigenvalue weighted by molar-refractivity contribution is -0.158. The number of rotatable bonds is 10. The molecule has 0 aliphatic rings. The van der Waals surface area contributed by atoms with Crippen LogP contribution in [-0.4, -0.2) is 22.2 Å². The van der Waals surface area contributed by atoms with Crippen LogP contribution in [0.1, 0.15) is 86.5 Å². The second kappa shape index (κ2) is 7.98. The summed E-state index contributed by atoms with van der Waals surface area (Å²) in [5, 5.41) is 19.2. The average Bonchev–Trinajstić information content (AvgIpc) is 2.41. The van der Waals surface area contributed by atoms with Gasteiger partial charge >= 0.3 is 11.9 Å². The van der Waals surface area contributed by atoms with Gasteiger partial charge in [-0.05, 0) is 37.5 Å². The van der Waals surface area contributed by atoms with Gasteiger partial charge in [0.2, 0.25) is 0 Å². The van der Waals surface area contributed by atoms with Crippen LogP contribution in [0.4, 0.5) is 0 Å². The molecule has 0 heterocycles. The molecule has 0 fully saturated rings. The first kappa shape index (κ1) is 20.9. The number of hydrogen-bond donors (Lipinski definition) is 2. The third-order valence-electron chi connectivity index (χ3n) is 5.76. The molecule has 4 nitrogen and oxygen atoms in total. The van der Waals surface area contributed by atoms with Crippen LogP contribution in [0.3, 0.4) is 0 Å². The van der Waals surface area contributed by atoms with Crippen LogP contribution in [0, 0.1) is 16.2 Å². The average molecular weight is 314 g/mol. The summed E-state index contributed by atoms with van der Waals surface area (Å²) in [7, 11) is 0. The largest absolute Gasteiger partial charge is 0.481 e. The first-order chi connectivity index (χ1) is 10.0. The Labute approximate surface area is 135 Å². The summed E-state index contributed by atoms with van der Waals surface area (Å²) in [5.41, 5.74) is -1.70. The Balaban J connectivity index is 4.86. The fraction of sp³-hybridized carbons (Fsp3) is 0.889. The van der Waals surface area contributed by atoms with Gasteiger partial charge in [0.1, 0.15) is 0 Å². The molecule has 130 valence electrons. The highest BCUT2D eigenvalue weighted by Crippen LogP contribution is 2.46. The summed E-state index contributed by atoms with van der Waals surface area (Å²) in [5.74, 6) is -1.47. The van der Waals surface area contributed by atoms with Crippen LogP contribution in [0.2, 0.25) is 0 Å². The van der Waals surface area contributed by atoms with Crippen LogP contribution < -0.4 is 0 Å². The maximum absolute atomic E-state index is 11.8. The lowest BCUT2D eigenvalue weighted by atomic mass is 9.62. The third-order valence-corrected chi connectivity index (χ3v) is 5.76. The topological polar surface area (TPSA) is 74.6 Å². The molecule has 0 radical (unpaired) electrons. The standard InChI is InChI=1S/C18H34O4/c1-7-17(8-2,14(19)20)12-10-11-13-18(9-3,15(21)22)16(4,5)6/h7-13H2,1-6H3,(H,19,20)(H,21,22). The van der Waals surface area contributed by atoms with Crippen molar-refractivity contribution < 1.29 is 19.8 Å². The van der Waals surface area contributed by atoms with Gasteiger partial charge < -0.3 is 10.2 Å². The molecule has 0 spiro atoms. The summed E-state index contributed by atoms with van der Waals surface area (Å²) in [6.07, 6.45) is 4.58. The Hall–Kier alpha value is -1.06. The highest BCUT2D eigenvalue weighted by atomic mass is 16.4. The summed E-state index contributed by atoms with van der Waals surface area (Å²) in [6, 6.07) is 0. The molecule has 0 aromatic rings. The zero-order chi connectivity index (χ0) is 17.6. The normalized spacial score (nSPS) is 15.4. The van der Waals surface area contributed by atoms with E-state index in [9.17, 15) is 19.8 Å². The number of hydrogen-bond acceptors (Lipinski definition) is 2. The first-order valence-electron chi connectivity index (χ1n) is 8.49. The van der Waals surface area contributed by atoms with Crippen molar-refractivity contribution >= 4 is 11.9 Å². The summed E-state index contributed by atoms with van der Waals surface area (Å²) in [4.78, 5) is 23.3. The van der Waals surface area contributed by atoms with E-state index in [1.165, 1.54) is 0 Å². The van der Waals surface area contributed by atoms with Crippen molar-refractivity contribution in [1.29, 1.82) is 0 Å². The van der Waals surface area contributed by atoms with Crippen LogP contribution in [0.15, 0.2) is 0 Å². The molecular formula is C18H34O4. The summed E-state index contributed by atoms with van der Waals surface area (Å²) >= 11 is 0. The van der Waals surface area contributed by atoms with Crippen molar-refractivity contribution in [3.63, 3.8) is 0 Å². The molecule has 0 aromatic carbocycles. The molecule has 0 aliphatic heterocycles. The maximum Gasteiger partial charge on any atom is 0.310 e. The SMILES string of the molecule is CCC(CC)(CCCCC(CC)(C(=O)O)C(C)(C)C)C(=O)O. The lowest BCUT2D eigenvalue weighted by Crippen LogP contribution is -2.42. The Morgan fingerprint density at radius 2 is 1.23 bits per heavy atom. The highest BCUT2D eigenvalue weighted by molar-refractivity contribution is 5.75. The van der Waals surface area contributed by atoms with Gasteiger partial charge in [-0.2, -0.15) is 0 Å². The number of carboxylic acids is 2. The van der Waals surface area contributed by atoms with Crippen molar-refractivity contribution in [3.05, 3.63) is 0 Å². The minimum Gasteiger partial charge on any atom is -0.481 e. The van der Waals surface area contributed by atoms with Crippen LogP contribution in [-0.2, 0) is 9.59 Å². The van der Waals surface area contributed by atoms with Crippen molar-refractivity contribution in [2.75, 3.05) is 0 Å². The zero-order valence-corrected chi connectivity index (χ0v) is 15.2. The molecule has 0 aliphatic carbocycles. The minimum atomic E-state index is -0.739. The molecule has 2 N–H and O–H groups in total. The number of unbranched alkanes of at least 4 members (excludes halogenated alkanes) is 1. The van der Waals surface area contributed by atoms with Crippen LogP contribution in [0.25, 0.3) is 0 Å². The quantitative estimate of drug-likeness (QED) is 0.558. The fourth-order valence-electron chi connectivity index (χ4n) is 3.56. The van der Waals surface area contributed by atoms with Gasteiger partial charge in [-0.1, -0.05) is 54.4 Å². The molecule has 22 heavy (non-hydrogen) atoms. The van der Waals surface area contributed by atoms with Crippen LogP contribution in [0.5, 0.6) is 0 Å². The fourth-order valence-corrected chi connectivity index (χ4v) is 3.56. The molecule has 0 amide bonds. The predicted octanol–water partition coefficient (Wildman–Crippen LogP) is 4.96. The molecular weight excluding hydrogens is 280 g/mol. The molecule has 4 heteroatoms. The highest BCUT2D eigenvalue weighted by Gasteiger charge is 2.46. The van der Waals surface area contributed by atoms with E-state index in [4.69, 9.17) is 0 Å². The monoisotopic (exact) mass is 314 g/mol. The second-order valence-electron chi connectivity index (χ2n) is 7.49. The molecule has 0 aromatic heterocycles. The van der Waals surface area contributed by atoms with E-state index in [1.54, 1.807) is 0 Å². The molecule has 1 atom stereocenters. The Morgan fingerprint density at radius 1 is 0.773 bits per heavy atom. The van der Waals surface area contributed by atoms with Crippen molar-refractivity contribution in [2.45, 2.75) is 86.5 Å². The first-order valence-corrected chi connectivity index (χ1v) is 8.49. The number of carboxylic acid groups (broad SMARTS) is 2. The van der Waals surface area contributed by atoms with E-state index in [0.29, 0.717) is 32.1 Å². The van der Waals surface area contributed by atoms with E-state index in [1.807, 2.05) is 41.5 Å². The van der Waals surface area contributed by atoms with Gasteiger partial charge in [-0.25, -0.2) is 0 Å². The van der Waals surface area contributed by atoms with E-state index >= 15 is 0 Å². The predicted molar refractivity (Wildman–Crippen MR) is 88.9 cm³/mol. The van der Waals surface area contributed by atoms with Crippen molar-refractivity contribution in [2.24, 2.45) is 16.2 Å². The number of carbonyl (C=O) groups is 2. The smallest absolute Gasteiger partial charge is 0.310 e. The number of aliphatic carboxylic acids is 2. The van der Waals surface area contributed by atoms with Gasteiger partial charge in [0.25, 0.3) is 0 Å². The Kier molecular flexibility index (Phi) is 7.60. The molecule has 0 bridgehead atoms. The van der Waals surface area contributed by atoms with Crippen LogP contribution >= 0.6 is 0 Å². The van der Waals surface area contributed by atoms with Crippen molar-refractivity contribution in [1.82, 2.24) is 0 Å². The van der Waals surface area contributed by atoms with Gasteiger partial charge in [-0.15, -0.1) is 0 Å². The van der Waals surface area contributed by atoms with Gasteiger partial charge in [0.15, 0.2) is 0 Å². The van der Waals surface area contributed by atoms with E-state index in [2.05, 4.69) is 0 Å². The zero-order valence-electron chi connectivity index (χ0n) is 15.2. The maximum atomic E-state index is 11.8. The lowest BCUT2D eigenvalue weighted by Gasteiger charge is -2.41. The van der Waals surface area contributed by atoms with E-state index in [0.717, 1.165) is 12.8 Å². The van der Waals surface area contributed by atoms with Gasteiger partial charge in [-0.3, -0.25) is 9.59 Å². The second-order valence-corrected chi connectivity index (χ2v) is 7.49. The summed E-state index contributed by atoms with van der Waals surface area (Å²) in [6.45, 7) is 11.7. The Bertz CT molecular complexity index is 377. The van der Waals surface area contributed by atoms with Crippen molar-refractivity contribution in [3.8, 4) is 0 Å². The molecule has 0 saturated heterocycles. The molecule has 1 unspecified atom stereocenters. The van der Waals surface area contributed by atoms with Gasteiger partial charge in [0, 0.05) is 0 Å². The molecule has 0 rings (SSSR count). The van der Waals surface area contributed by atoms with E-state index in [-0.39, 0.29) is 5.41 Å². The van der Waals surface area contributed by atoms with E-state index < -0.39 is 22.8 Å². The Morgan fingerprint density at radius 3 is 1.50 bits per heavy atom. The third kappa shape index (κ3) is 4.23. The van der Waals surface area contributed by atoms with Gasteiger partial charge in [0.05, 0.1) is 10.8 Å².